The highest BCUT2D eigenvalue weighted by Gasteiger charge is 2.37. The Labute approximate surface area is 321 Å². The molecule has 0 spiro atoms. The molecule has 0 N–H and O–H groups in total. The van der Waals surface area contributed by atoms with Crippen LogP contribution in [0, 0.1) is 0 Å². The van der Waals surface area contributed by atoms with Crippen LogP contribution in [-0.4, -0.2) is 4.57 Å². The summed E-state index contributed by atoms with van der Waals surface area (Å²) in [6.07, 6.45) is 0. The first-order valence-electron chi connectivity index (χ1n) is 18.7. The number of hydrogen-bond acceptors (Lipinski definition) is 2. The van der Waals surface area contributed by atoms with Crippen LogP contribution in [0.3, 0.4) is 0 Å². The highest BCUT2D eigenvalue weighted by Crippen LogP contribution is 2.54. The minimum atomic E-state index is -0.125. The van der Waals surface area contributed by atoms with Crippen molar-refractivity contribution in [2.75, 3.05) is 0 Å². The smallest absolute Gasteiger partial charge is 0.0541 e. The molecule has 0 bridgehead atoms. The molecular weight excluding hydrogens is 691 g/mol. The lowest BCUT2D eigenvalue weighted by Crippen LogP contribution is -2.15. The average molecular weight is 724 g/mol. The first-order valence-corrected chi connectivity index (χ1v) is 20.3. The Kier molecular flexibility index (Phi) is 6.22. The molecule has 3 heteroatoms. The molecular formula is C51H33NS2. The molecule has 0 atom stereocenters. The fourth-order valence-electron chi connectivity index (χ4n) is 9.38. The van der Waals surface area contributed by atoms with Crippen molar-refractivity contribution < 1.29 is 0 Å². The third kappa shape index (κ3) is 4.14. The number of rotatable bonds is 3. The van der Waals surface area contributed by atoms with Gasteiger partial charge in [-0.1, -0.05) is 129 Å². The van der Waals surface area contributed by atoms with Gasteiger partial charge in [-0.3, -0.25) is 0 Å². The number of nitrogens with zero attached hydrogens (tertiary/aromatic N) is 1. The summed E-state index contributed by atoms with van der Waals surface area (Å²) >= 11 is 3.83. The van der Waals surface area contributed by atoms with E-state index in [1.54, 1.807) is 0 Å². The Morgan fingerprint density at radius 2 is 1.04 bits per heavy atom. The van der Waals surface area contributed by atoms with Crippen molar-refractivity contribution >= 4 is 84.8 Å². The fourth-order valence-corrected chi connectivity index (χ4v) is 11.9. The molecule has 1 aliphatic carbocycles. The number of fused-ring (bicyclic) bond motifs is 13. The van der Waals surface area contributed by atoms with E-state index in [-0.39, 0.29) is 5.41 Å². The third-order valence-electron chi connectivity index (χ3n) is 12.0. The number of benzene rings is 8. The van der Waals surface area contributed by atoms with Crippen molar-refractivity contribution in [3.8, 4) is 39.1 Å². The lowest BCUT2D eigenvalue weighted by atomic mass is 9.82. The van der Waals surface area contributed by atoms with Crippen LogP contribution in [0.15, 0.2) is 164 Å². The van der Waals surface area contributed by atoms with Crippen molar-refractivity contribution in [2.24, 2.45) is 0 Å². The molecule has 0 saturated carbocycles. The van der Waals surface area contributed by atoms with E-state index in [1.807, 2.05) is 22.7 Å². The van der Waals surface area contributed by atoms with E-state index < -0.39 is 0 Å². The summed E-state index contributed by atoms with van der Waals surface area (Å²) in [4.78, 5) is 0. The molecule has 54 heavy (non-hydrogen) atoms. The predicted molar refractivity (Wildman–Crippen MR) is 235 cm³/mol. The van der Waals surface area contributed by atoms with Crippen molar-refractivity contribution in [3.05, 3.63) is 175 Å². The minimum absolute atomic E-state index is 0.125. The summed E-state index contributed by atoms with van der Waals surface area (Å²) in [6, 6.07) is 61.3. The summed E-state index contributed by atoms with van der Waals surface area (Å²) in [5.41, 5.74) is 14.1. The van der Waals surface area contributed by atoms with E-state index >= 15 is 0 Å². The van der Waals surface area contributed by atoms with E-state index in [0.717, 1.165) is 0 Å². The zero-order valence-electron chi connectivity index (χ0n) is 29.9. The maximum atomic E-state index is 2.50. The zero-order chi connectivity index (χ0) is 35.7. The van der Waals surface area contributed by atoms with Gasteiger partial charge in [0.05, 0.1) is 11.0 Å². The van der Waals surface area contributed by atoms with Crippen LogP contribution in [0.25, 0.3) is 101 Å². The van der Waals surface area contributed by atoms with Gasteiger partial charge < -0.3 is 4.57 Å². The largest absolute Gasteiger partial charge is 0.309 e. The summed E-state index contributed by atoms with van der Waals surface area (Å²) in [5.74, 6) is 0. The summed E-state index contributed by atoms with van der Waals surface area (Å²) in [6.45, 7) is 4.80. The van der Waals surface area contributed by atoms with Crippen LogP contribution in [-0.2, 0) is 5.41 Å². The first kappa shape index (κ1) is 30.5. The van der Waals surface area contributed by atoms with Crippen LogP contribution < -0.4 is 0 Å². The third-order valence-corrected chi connectivity index (χ3v) is 14.4. The molecule has 11 aromatic rings. The minimum Gasteiger partial charge on any atom is -0.309 e. The average Bonchev–Trinajstić information content (AvgIpc) is 3.94. The fraction of sp³-hybridized carbons (Fsp3) is 0.0588. The number of thiophene rings is 2. The lowest BCUT2D eigenvalue weighted by Gasteiger charge is -2.22. The highest BCUT2D eigenvalue weighted by atomic mass is 32.1. The second-order valence-corrected chi connectivity index (χ2v) is 17.4. The molecule has 8 aromatic carbocycles. The van der Waals surface area contributed by atoms with Gasteiger partial charge in [-0.15, -0.1) is 22.7 Å². The Hall–Kier alpha value is -6.00. The molecule has 1 aliphatic rings. The molecule has 0 aliphatic heterocycles. The Morgan fingerprint density at radius 3 is 1.80 bits per heavy atom. The summed E-state index contributed by atoms with van der Waals surface area (Å²) in [7, 11) is 0. The van der Waals surface area contributed by atoms with Crippen molar-refractivity contribution in [2.45, 2.75) is 19.3 Å². The van der Waals surface area contributed by atoms with E-state index in [4.69, 9.17) is 0 Å². The maximum absolute atomic E-state index is 2.50. The van der Waals surface area contributed by atoms with E-state index in [1.165, 1.54) is 112 Å². The normalized spacial score (nSPS) is 13.5. The quantitative estimate of drug-likeness (QED) is 0.171. The number of aromatic nitrogens is 1. The molecule has 0 radical (unpaired) electrons. The van der Waals surface area contributed by atoms with E-state index in [2.05, 4.69) is 182 Å². The Bertz CT molecular complexity index is 3350. The van der Waals surface area contributed by atoms with Gasteiger partial charge in [0, 0.05) is 67.8 Å². The van der Waals surface area contributed by atoms with Gasteiger partial charge in [-0.25, -0.2) is 0 Å². The monoisotopic (exact) mass is 723 g/mol. The zero-order valence-corrected chi connectivity index (χ0v) is 31.5. The highest BCUT2D eigenvalue weighted by molar-refractivity contribution is 7.26. The number of hydrogen-bond donors (Lipinski definition) is 0. The molecule has 0 fully saturated rings. The van der Waals surface area contributed by atoms with Crippen LogP contribution in [0.4, 0.5) is 0 Å². The summed E-state index contributed by atoms with van der Waals surface area (Å²) in [5, 5.41) is 7.92. The van der Waals surface area contributed by atoms with Gasteiger partial charge in [0.15, 0.2) is 0 Å². The molecule has 12 rings (SSSR count). The van der Waals surface area contributed by atoms with E-state index in [9.17, 15) is 0 Å². The van der Waals surface area contributed by atoms with Gasteiger partial charge in [-0.2, -0.15) is 0 Å². The van der Waals surface area contributed by atoms with Crippen LogP contribution >= 0.6 is 22.7 Å². The van der Waals surface area contributed by atoms with Gasteiger partial charge >= 0.3 is 0 Å². The second-order valence-electron chi connectivity index (χ2n) is 15.3. The second kappa shape index (κ2) is 11.0. The predicted octanol–water partition coefficient (Wildman–Crippen LogP) is 15.2. The molecule has 1 nitrogen and oxygen atoms in total. The molecule has 0 amide bonds. The Morgan fingerprint density at radius 1 is 0.407 bits per heavy atom. The molecule has 254 valence electrons. The van der Waals surface area contributed by atoms with Gasteiger partial charge in [-0.05, 0) is 87.5 Å². The van der Waals surface area contributed by atoms with Crippen molar-refractivity contribution in [3.63, 3.8) is 0 Å². The molecule has 3 heterocycles. The van der Waals surface area contributed by atoms with E-state index in [0.29, 0.717) is 0 Å². The van der Waals surface area contributed by atoms with Gasteiger partial charge in [0.2, 0.25) is 0 Å². The SMILES string of the molecule is CC1(C)c2cc(-n3c4ccc(-c5ccccc5)cc4c4cc(-c5cccc6c5sc5ccccc56)ccc43)ccc2-c2c1ccc1c2sc2ccccc21. The van der Waals surface area contributed by atoms with Gasteiger partial charge in [0.25, 0.3) is 0 Å². The Balaban J connectivity index is 1.09. The van der Waals surface area contributed by atoms with Crippen LogP contribution in [0.1, 0.15) is 25.0 Å². The van der Waals surface area contributed by atoms with Gasteiger partial charge in [0.1, 0.15) is 0 Å². The van der Waals surface area contributed by atoms with Crippen LogP contribution in [0.5, 0.6) is 0 Å². The van der Waals surface area contributed by atoms with Crippen LogP contribution in [0.2, 0.25) is 0 Å². The van der Waals surface area contributed by atoms with Crippen molar-refractivity contribution in [1.82, 2.24) is 4.57 Å². The standard InChI is InChI=1S/C51H33NS2/c1-51(2)42-24-23-38-36-14-7-9-18-47(36)54-50(38)48(42)39-22-21-33(29-43(39)51)52-44-25-19-31(30-11-4-3-5-12-30)27-40(44)41-28-32(20-26-45(41)52)34-15-10-16-37-35-13-6-8-17-46(35)53-49(34)37/h3-29H,1-2H3. The topological polar surface area (TPSA) is 4.93 Å². The molecule has 0 unspecified atom stereocenters. The lowest BCUT2D eigenvalue weighted by molar-refractivity contribution is 0.660. The first-order chi connectivity index (χ1) is 26.5. The van der Waals surface area contributed by atoms with Crippen molar-refractivity contribution in [1.29, 1.82) is 0 Å². The summed E-state index contributed by atoms with van der Waals surface area (Å²) < 4.78 is 7.93. The molecule has 3 aromatic heterocycles. The molecule has 0 saturated heterocycles. The maximum Gasteiger partial charge on any atom is 0.0541 e.